The summed E-state index contributed by atoms with van der Waals surface area (Å²) >= 11 is 0. The van der Waals surface area contributed by atoms with Gasteiger partial charge >= 0.3 is 0 Å². The van der Waals surface area contributed by atoms with Gasteiger partial charge in [0.05, 0.1) is 6.61 Å². The van der Waals surface area contributed by atoms with Crippen LogP contribution in [0.5, 0.6) is 0 Å². The molecule has 0 bridgehead atoms. The van der Waals surface area contributed by atoms with Crippen molar-refractivity contribution in [3.8, 4) is 11.8 Å². The van der Waals surface area contributed by atoms with Crippen LogP contribution in [-0.2, 0) is 11.3 Å². The van der Waals surface area contributed by atoms with E-state index >= 15 is 0 Å². The van der Waals surface area contributed by atoms with E-state index < -0.39 is 0 Å². The standard InChI is InChI=1S/C19H18O2/c20-19(18-12-6-2-7-13-18)14-8-3-9-15-21-16-17-10-4-1-5-11-17/h1-2,4-7,10-13H,8,14-16H2. The molecule has 0 unspecified atom stereocenters. The highest BCUT2D eigenvalue weighted by molar-refractivity contribution is 5.96. The molecule has 0 radical (unpaired) electrons. The minimum absolute atomic E-state index is 0.134. The van der Waals surface area contributed by atoms with Crippen molar-refractivity contribution in [3.05, 3.63) is 71.8 Å². The van der Waals surface area contributed by atoms with Crippen molar-refractivity contribution in [2.24, 2.45) is 0 Å². The van der Waals surface area contributed by atoms with Crippen LogP contribution in [0.25, 0.3) is 0 Å². The summed E-state index contributed by atoms with van der Waals surface area (Å²) in [5.74, 6) is 6.05. The molecule has 0 spiro atoms. The minimum atomic E-state index is 0.134. The first-order chi connectivity index (χ1) is 10.4. The van der Waals surface area contributed by atoms with Crippen LogP contribution in [-0.4, -0.2) is 12.4 Å². The van der Waals surface area contributed by atoms with Gasteiger partial charge in [0.15, 0.2) is 5.78 Å². The normalized spacial score (nSPS) is 9.71. The number of hydrogen-bond acceptors (Lipinski definition) is 2. The molecule has 0 saturated heterocycles. The topological polar surface area (TPSA) is 26.3 Å². The number of Topliss-reactive ketones (excluding diaryl/α,β-unsaturated/α-hetero) is 1. The number of ether oxygens (including phenoxy) is 1. The lowest BCUT2D eigenvalue weighted by Gasteiger charge is -1.99. The molecule has 2 aromatic carbocycles. The highest BCUT2D eigenvalue weighted by atomic mass is 16.5. The van der Waals surface area contributed by atoms with Crippen molar-refractivity contribution in [3.63, 3.8) is 0 Å². The Bertz CT molecular complexity index is 606. The molecule has 2 rings (SSSR count). The van der Waals surface area contributed by atoms with Crippen molar-refractivity contribution in [2.45, 2.75) is 19.4 Å². The Morgan fingerprint density at radius 3 is 2.29 bits per heavy atom. The number of ketones is 1. The summed E-state index contributed by atoms with van der Waals surface area (Å²) in [4.78, 5) is 11.8. The van der Waals surface area contributed by atoms with Gasteiger partial charge in [-0.05, 0) is 5.56 Å². The zero-order valence-electron chi connectivity index (χ0n) is 11.9. The second-order valence-electron chi connectivity index (χ2n) is 4.62. The fourth-order valence-corrected chi connectivity index (χ4v) is 1.88. The number of benzene rings is 2. The third-order valence-electron chi connectivity index (χ3n) is 2.98. The Balaban J connectivity index is 1.62. The second-order valence-corrected chi connectivity index (χ2v) is 4.62. The van der Waals surface area contributed by atoms with Crippen molar-refractivity contribution in [1.82, 2.24) is 0 Å². The summed E-state index contributed by atoms with van der Waals surface area (Å²) in [6, 6.07) is 19.3. The van der Waals surface area contributed by atoms with Crippen molar-refractivity contribution < 1.29 is 9.53 Å². The van der Waals surface area contributed by atoms with E-state index in [1.54, 1.807) is 0 Å². The highest BCUT2D eigenvalue weighted by Crippen LogP contribution is 2.04. The van der Waals surface area contributed by atoms with E-state index in [2.05, 4.69) is 11.8 Å². The smallest absolute Gasteiger partial charge is 0.163 e. The monoisotopic (exact) mass is 278 g/mol. The summed E-state index contributed by atoms with van der Waals surface area (Å²) in [6.45, 7) is 0.965. The maximum atomic E-state index is 11.8. The fraction of sp³-hybridized carbons (Fsp3) is 0.211. The van der Waals surface area contributed by atoms with E-state index in [1.807, 2.05) is 60.7 Å². The van der Waals surface area contributed by atoms with Crippen LogP contribution in [0, 0.1) is 11.8 Å². The van der Waals surface area contributed by atoms with E-state index in [1.165, 1.54) is 0 Å². The third kappa shape index (κ3) is 5.64. The molecule has 0 aliphatic carbocycles. The van der Waals surface area contributed by atoms with E-state index in [0.717, 1.165) is 11.1 Å². The molecule has 21 heavy (non-hydrogen) atoms. The van der Waals surface area contributed by atoms with Crippen LogP contribution in [0.3, 0.4) is 0 Å². The number of carbonyl (C=O) groups excluding carboxylic acids is 1. The highest BCUT2D eigenvalue weighted by Gasteiger charge is 2.02. The van der Waals surface area contributed by atoms with Crippen LogP contribution in [0.2, 0.25) is 0 Å². The molecule has 106 valence electrons. The van der Waals surface area contributed by atoms with Crippen LogP contribution < -0.4 is 0 Å². The summed E-state index contributed by atoms with van der Waals surface area (Å²) in [6.07, 6.45) is 1.03. The van der Waals surface area contributed by atoms with Crippen LogP contribution in [0.15, 0.2) is 60.7 Å². The van der Waals surface area contributed by atoms with Gasteiger partial charge in [-0.3, -0.25) is 4.79 Å². The second kappa shape index (κ2) is 8.73. The number of carbonyl (C=O) groups is 1. The zero-order valence-corrected chi connectivity index (χ0v) is 11.9. The van der Waals surface area contributed by atoms with Gasteiger partial charge in [-0.15, -0.1) is 5.92 Å². The Labute approximate surface area is 125 Å². The van der Waals surface area contributed by atoms with E-state index in [9.17, 15) is 4.79 Å². The van der Waals surface area contributed by atoms with Gasteiger partial charge in [0, 0.05) is 18.4 Å². The molecule has 0 amide bonds. The lowest BCUT2D eigenvalue weighted by Crippen LogP contribution is -1.97. The SMILES string of the molecule is O=C(CCC#CCOCc1ccccc1)c1ccccc1. The summed E-state index contributed by atoms with van der Waals surface area (Å²) in [7, 11) is 0. The molecule has 0 aromatic heterocycles. The number of rotatable bonds is 6. The number of hydrogen-bond donors (Lipinski definition) is 0. The first-order valence-corrected chi connectivity index (χ1v) is 7.02. The molecule has 0 aliphatic rings. The average Bonchev–Trinajstić information content (AvgIpc) is 2.55. The van der Waals surface area contributed by atoms with Crippen molar-refractivity contribution in [2.75, 3.05) is 6.61 Å². The Morgan fingerprint density at radius 1 is 0.905 bits per heavy atom. The predicted molar refractivity (Wildman–Crippen MR) is 83.9 cm³/mol. The lowest BCUT2D eigenvalue weighted by molar-refractivity contribution is 0.0984. The molecule has 0 fully saturated rings. The lowest BCUT2D eigenvalue weighted by atomic mass is 10.1. The van der Waals surface area contributed by atoms with Gasteiger partial charge in [-0.1, -0.05) is 66.6 Å². The summed E-state index contributed by atoms with van der Waals surface area (Å²) in [5.41, 5.74) is 1.89. The maximum absolute atomic E-state index is 11.8. The van der Waals surface area contributed by atoms with Gasteiger partial charge in [0.25, 0.3) is 0 Å². The molecule has 0 N–H and O–H groups in total. The molecule has 2 nitrogen and oxygen atoms in total. The molecular weight excluding hydrogens is 260 g/mol. The first-order valence-electron chi connectivity index (χ1n) is 7.02. The van der Waals surface area contributed by atoms with Crippen LogP contribution in [0.4, 0.5) is 0 Å². The van der Waals surface area contributed by atoms with Gasteiger partial charge < -0.3 is 4.74 Å². The van der Waals surface area contributed by atoms with Gasteiger partial charge in [0.2, 0.25) is 0 Å². The van der Waals surface area contributed by atoms with Crippen LogP contribution >= 0.6 is 0 Å². The molecule has 0 atom stereocenters. The van der Waals surface area contributed by atoms with Gasteiger partial charge in [-0.2, -0.15) is 0 Å². The maximum Gasteiger partial charge on any atom is 0.163 e. The minimum Gasteiger partial charge on any atom is -0.364 e. The Hall–Kier alpha value is -2.37. The molecule has 0 heterocycles. The molecule has 0 aliphatic heterocycles. The molecule has 2 heteroatoms. The van der Waals surface area contributed by atoms with Gasteiger partial charge in [-0.25, -0.2) is 0 Å². The Morgan fingerprint density at radius 2 is 1.57 bits per heavy atom. The molecule has 2 aromatic rings. The summed E-state index contributed by atoms with van der Waals surface area (Å²) in [5, 5.41) is 0. The van der Waals surface area contributed by atoms with Crippen molar-refractivity contribution >= 4 is 5.78 Å². The Kier molecular flexibility index (Phi) is 6.25. The molecule has 0 saturated carbocycles. The largest absolute Gasteiger partial charge is 0.364 e. The van der Waals surface area contributed by atoms with E-state index in [-0.39, 0.29) is 5.78 Å². The fourth-order valence-electron chi connectivity index (χ4n) is 1.88. The molecular formula is C19H18O2. The first kappa shape index (κ1) is 15.0. The zero-order chi connectivity index (χ0) is 14.8. The van der Waals surface area contributed by atoms with Crippen LogP contribution in [0.1, 0.15) is 28.8 Å². The summed E-state index contributed by atoms with van der Waals surface area (Å²) < 4.78 is 5.45. The van der Waals surface area contributed by atoms with E-state index in [4.69, 9.17) is 4.74 Å². The van der Waals surface area contributed by atoms with Gasteiger partial charge in [0.1, 0.15) is 6.61 Å². The quantitative estimate of drug-likeness (QED) is 0.455. The predicted octanol–water partition coefficient (Wildman–Crippen LogP) is 3.87. The average molecular weight is 278 g/mol. The van der Waals surface area contributed by atoms with Crippen molar-refractivity contribution in [1.29, 1.82) is 0 Å². The third-order valence-corrected chi connectivity index (χ3v) is 2.98. The van der Waals surface area contributed by atoms with E-state index in [0.29, 0.717) is 26.1 Å².